The lowest BCUT2D eigenvalue weighted by molar-refractivity contribution is 0.0270. The maximum atomic E-state index is 9.77. The molecule has 114 valence electrons. The van der Waals surface area contributed by atoms with Crippen LogP contribution in [-0.2, 0) is 11.3 Å². The number of hydrogen-bond acceptors (Lipinski definition) is 4. The van der Waals surface area contributed by atoms with Gasteiger partial charge in [-0.25, -0.2) is 0 Å². The zero-order valence-corrected chi connectivity index (χ0v) is 12.9. The molecule has 0 spiro atoms. The van der Waals surface area contributed by atoms with E-state index in [2.05, 4.69) is 5.32 Å². The Labute approximate surface area is 125 Å². The van der Waals surface area contributed by atoms with E-state index in [1.807, 2.05) is 38.1 Å². The van der Waals surface area contributed by atoms with Gasteiger partial charge >= 0.3 is 0 Å². The Morgan fingerprint density at radius 1 is 1.30 bits per heavy atom. The highest BCUT2D eigenvalue weighted by Crippen LogP contribution is 2.11. The average Bonchev–Trinajstić information content (AvgIpc) is 2.41. The van der Waals surface area contributed by atoms with Crippen LogP contribution in [0, 0.1) is 5.41 Å². The summed E-state index contributed by atoms with van der Waals surface area (Å²) in [4.78, 5) is 0. The summed E-state index contributed by atoms with van der Waals surface area (Å²) >= 11 is 5.80. The predicted octanol–water partition coefficient (Wildman–Crippen LogP) is 1.83. The van der Waals surface area contributed by atoms with Crippen LogP contribution in [0.1, 0.15) is 19.4 Å². The van der Waals surface area contributed by atoms with Crippen molar-refractivity contribution in [2.75, 3.05) is 26.3 Å². The fraction of sp³-hybridized carbons (Fsp3) is 0.600. The summed E-state index contributed by atoms with van der Waals surface area (Å²) in [7, 11) is 0. The number of halogens is 1. The van der Waals surface area contributed by atoms with Gasteiger partial charge in [0.25, 0.3) is 0 Å². The fourth-order valence-corrected chi connectivity index (χ4v) is 1.71. The van der Waals surface area contributed by atoms with Crippen molar-refractivity contribution in [3.05, 3.63) is 34.9 Å². The van der Waals surface area contributed by atoms with Crippen molar-refractivity contribution in [3.8, 4) is 0 Å². The smallest absolute Gasteiger partial charge is 0.0897 e. The largest absolute Gasteiger partial charge is 0.396 e. The van der Waals surface area contributed by atoms with Gasteiger partial charge in [-0.05, 0) is 17.7 Å². The molecule has 0 heterocycles. The highest BCUT2D eigenvalue weighted by molar-refractivity contribution is 6.30. The normalized spacial score (nSPS) is 13.4. The van der Waals surface area contributed by atoms with Gasteiger partial charge in [0.15, 0.2) is 0 Å². The summed E-state index contributed by atoms with van der Waals surface area (Å²) < 4.78 is 5.45. The van der Waals surface area contributed by atoms with Crippen LogP contribution in [0.4, 0.5) is 0 Å². The molecule has 0 aliphatic carbocycles. The molecule has 0 saturated heterocycles. The Morgan fingerprint density at radius 3 is 2.55 bits per heavy atom. The summed E-state index contributed by atoms with van der Waals surface area (Å²) in [5, 5.41) is 22.7. The fourth-order valence-electron chi connectivity index (χ4n) is 1.59. The van der Waals surface area contributed by atoms with Gasteiger partial charge in [-0.15, -0.1) is 0 Å². The Hall–Kier alpha value is -0.650. The zero-order valence-electron chi connectivity index (χ0n) is 12.1. The van der Waals surface area contributed by atoms with Crippen molar-refractivity contribution in [1.82, 2.24) is 5.32 Å². The summed E-state index contributed by atoms with van der Waals surface area (Å²) in [5.41, 5.74) is 0.847. The van der Waals surface area contributed by atoms with Gasteiger partial charge in [-0.3, -0.25) is 0 Å². The molecule has 1 rings (SSSR count). The first kappa shape index (κ1) is 17.4. The van der Waals surface area contributed by atoms with Crippen molar-refractivity contribution < 1.29 is 14.9 Å². The van der Waals surface area contributed by atoms with Gasteiger partial charge in [0.2, 0.25) is 0 Å². The standard InChI is InChI=1S/C15H24ClNO3/c1-15(2,11-18)10-17-7-14(19)9-20-8-12-3-5-13(16)6-4-12/h3-6,14,17-19H,7-11H2,1-2H3. The predicted molar refractivity (Wildman–Crippen MR) is 80.9 cm³/mol. The minimum Gasteiger partial charge on any atom is -0.396 e. The van der Waals surface area contributed by atoms with E-state index in [9.17, 15) is 5.11 Å². The SMILES string of the molecule is CC(C)(CO)CNCC(O)COCc1ccc(Cl)cc1. The molecule has 1 aromatic carbocycles. The molecular weight excluding hydrogens is 278 g/mol. The van der Waals surface area contributed by atoms with Crippen LogP contribution in [0.25, 0.3) is 0 Å². The van der Waals surface area contributed by atoms with Crippen molar-refractivity contribution in [1.29, 1.82) is 0 Å². The van der Waals surface area contributed by atoms with Gasteiger partial charge in [0.05, 0.1) is 19.3 Å². The van der Waals surface area contributed by atoms with Gasteiger partial charge in [-0.2, -0.15) is 0 Å². The van der Waals surface area contributed by atoms with E-state index in [1.165, 1.54) is 0 Å². The summed E-state index contributed by atoms with van der Waals surface area (Å²) in [6.45, 7) is 5.86. The molecule has 0 saturated carbocycles. The van der Waals surface area contributed by atoms with Crippen LogP contribution in [-0.4, -0.2) is 42.6 Å². The van der Waals surface area contributed by atoms with Crippen LogP contribution in [0.3, 0.4) is 0 Å². The van der Waals surface area contributed by atoms with Crippen LogP contribution in [0.15, 0.2) is 24.3 Å². The Balaban J connectivity index is 2.14. The number of aliphatic hydroxyl groups is 2. The van der Waals surface area contributed by atoms with Gasteiger partial charge in [0.1, 0.15) is 0 Å². The van der Waals surface area contributed by atoms with E-state index in [4.69, 9.17) is 21.4 Å². The first-order chi connectivity index (χ1) is 9.43. The molecule has 4 nitrogen and oxygen atoms in total. The molecule has 5 heteroatoms. The first-order valence-electron chi connectivity index (χ1n) is 6.75. The van der Waals surface area contributed by atoms with E-state index in [0.717, 1.165) is 5.56 Å². The highest BCUT2D eigenvalue weighted by atomic mass is 35.5. The molecule has 0 amide bonds. The van der Waals surface area contributed by atoms with Gasteiger partial charge in [0, 0.05) is 30.1 Å². The minimum atomic E-state index is -0.559. The number of nitrogens with one attached hydrogen (secondary N) is 1. The van der Waals surface area contributed by atoms with Gasteiger partial charge in [-0.1, -0.05) is 37.6 Å². The van der Waals surface area contributed by atoms with E-state index in [1.54, 1.807) is 0 Å². The van der Waals surface area contributed by atoms with Crippen LogP contribution >= 0.6 is 11.6 Å². The first-order valence-corrected chi connectivity index (χ1v) is 7.12. The highest BCUT2D eigenvalue weighted by Gasteiger charge is 2.16. The second-order valence-corrected chi connectivity index (χ2v) is 6.19. The van der Waals surface area contributed by atoms with Crippen molar-refractivity contribution in [2.45, 2.75) is 26.6 Å². The van der Waals surface area contributed by atoms with Crippen molar-refractivity contribution >= 4 is 11.6 Å². The monoisotopic (exact) mass is 301 g/mol. The molecule has 0 aromatic heterocycles. The topological polar surface area (TPSA) is 61.7 Å². The van der Waals surface area contributed by atoms with Crippen molar-refractivity contribution in [2.24, 2.45) is 5.41 Å². The molecule has 0 aliphatic heterocycles. The van der Waals surface area contributed by atoms with E-state index in [0.29, 0.717) is 24.7 Å². The third kappa shape index (κ3) is 7.22. The van der Waals surface area contributed by atoms with E-state index >= 15 is 0 Å². The maximum absolute atomic E-state index is 9.77. The lowest BCUT2D eigenvalue weighted by Crippen LogP contribution is -2.38. The molecule has 0 radical (unpaired) electrons. The zero-order chi connectivity index (χ0) is 15.0. The quantitative estimate of drug-likeness (QED) is 0.651. The Morgan fingerprint density at radius 2 is 1.95 bits per heavy atom. The van der Waals surface area contributed by atoms with Crippen LogP contribution in [0.2, 0.25) is 5.02 Å². The van der Waals surface area contributed by atoms with Crippen LogP contribution < -0.4 is 5.32 Å². The maximum Gasteiger partial charge on any atom is 0.0897 e. The minimum absolute atomic E-state index is 0.114. The molecule has 3 N–H and O–H groups in total. The molecule has 1 atom stereocenters. The van der Waals surface area contributed by atoms with Crippen molar-refractivity contribution in [3.63, 3.8) is 0 Å². The summed E-state index contributed by atoms with van der Waals surface area (Å²) in [6.07, 6.45) is -0.559. The lowest BCUT2D eigenvalue weighted by Gasteiger charge is -2.23. The molecule has 0 fully saturated rings. The average molecular weight is 302 g/mol. The van der Waals surface area contributed by atoms with E-state index in [-0.39, 0.29) is 18.6 Å². The van der Waals surface area contributed by atoms with E-state index < -0.39 is 6.10 Å². The third-order valence-electron chi connectivity index (χ3n) is 2.90. The number of hydrogen-bond donors (Lipinski definition) is 3. The molecule has 0 aliphatic rings. The second-order valence-electron chi connectivity index (χ2n) is 5.75. The Kier molecular flexibility index (Phi) is 7.48. The lowest BCUT2D eigenvalue weighted by atomic mass is 9.95. The number of ether oxygens (including phenoxy) is 1. The Bertz CT molecular complexity index is 381. The molecule has 1 unspecified atom stereocenters. The summed E-state index contributed by atoms with van der Waals surface area (Å²) in [6, 6.07) is 7.43. The van der Waals surface area contributed by atoms with Crippen LogP contribution in [0.5, 0.6) is 0 Å². The molecular formula is C15H24ClNO3. The van der Waals surface area contributed by atoms with Gasteiger partial charge < -0.3 is 20.3 Å². The third-order valence-corrected chi connectivity index (χ3v) is 3.16. The number of rotatable bonds is 9. The molecule has 1 aromatic rings. The second kappa shape index (κ2) is 8.60. The number of benzene rings is 1. The summed E-state index contributed by atoms with van der Waals surface area (Å²) in [5.74, 6) is 0. The molecule has 0 bridgehead atoms. The number of aliphatic hydroxyl groups excluding tert-OH is 2. The molecule has 20 heavy (non-hydrogen) atoms.